The molecule has 1 fully saturated rings. The van der Waals surface area contributed by atoms with Crippen LogP contribution in [0.4, 0.5) is 5.82 Å². The van der Waals surface area contributed by atoms with Crippen LogP contribution in [0.15, 0.2) is 6.07 Å². The molecule has 0 aliphatic heterocycles. The van der Waals surface area contributed by atoms with Crippen molar-refractivity contribution in [2.45, 2.75) is 18.8 Å². The number of aliphatic carboxylic acids is 1. The van der Waals surface area contributed by atoms with Gasteiger partial charge in [0.2, 0.25) is 0 Å². The Morgan fingerprint density at radius 3 is 3.07 bits per heavy atom. The van der Waals surface area contributed by atoms with Crippen LogP contribution >= 0.6 is 0 Å². The van der Waals surface area contributed by atoms with Gasteiger partial charge in [-0.15, -0.1) is 0 Å². The highest BCUT2D eigenvalue weighted by Crippen LogP contribution is 2.40. The summed E-state index contributed by atoms with van der Waals surface area (Å²) in [6.07, 6.45) is 2.44. The molecule has 5 nitrogen and oxygen atoms in total. The van der Waals surface area contributed by atoms with Crippen LogP contribution in [0.5, 0.6) is 0 Å². The number of nitrogens with zero attached hydrogens (tertiary/aromatic N) is 2. The largest absolute Gasteiger partial charge is 0.480 e. The summed E-state index contributed by atoms with van der Waals surface area (Å²) in [5.41, 5.74) is 1.19. The van der Waals surface area contributed by atoms with Crippen LogP contribution in [-0.4, -0.2) is 27.4 Å². The van der Waals surface area contributed by atoms with E-state index in [2.05, 4.69) is 10.4 Å². The Morgan fingerprint density at radius 1 is 1.79 bits per heavy atom. The topological polar surface area (TPSA) is 67.2 Å². The third kappa shape index (κ3) is 1.86. The van der Waals surface area contributed by atoms with Crippen LogP contribution in [0.2, 0.25) is 0 Å². The zero-order chi connectivity index (χ0) is 10.1. The fourth-order valence-corrected chi connectivity index (χ4v) is 1.50. The molecule has 14 heavy (non-hydrogen) atoms. The van der Waals surface area contributed by atoms with E-state index in [9.17, 15) is 4.79 Å². The maximum Gasteiger partial charge on any atom is 0.322 e. The van der Waals surface area contributed by atoms with Gasteiger partial charge in [-0.2, -0.15) is 5.10 Å². The lowest BCUT2D eigenvalue weighted by atomic mass is 10.3. The first-order valence-corrected chi connectivity index (χ1v) is 4.66. The zero-order valence-corrected chi connectivity index (χ0v) is 8.03. The predicted molar refractivity (Wildman–Crippen MR) is 51.3 cm³/mol. The summed E-state index contributed by atoms with van der Waals surface area (Å²) in [4.78, 5) is 10.3. The molecule has 1 aromatic heterocycles. The Hall–Kier alpha value is -1.52. The minimum atomic E-state index is -0.872. The van der Waals surface area contributed by atoms with Gasteiger partial charge in [-0.3, -0.25) is 9.48 Å². The van der Waals surface area contributed by atoms with Gasteiger partial charge in [0, 0.05) is 24.7 Å². The van der Waals surface area contributed by atoms with Gasteiger partial charge >= 0.3 is 5.97 Å². The standard InChI is InChI=1S/C9H13N3O2/c1-12-7(6-2-3-6)4-8(11-12)10-5-9(13)14/h4,6H,2-3,5H2,1H3,(H,10,11)(H,13,14). The van der Waals surface area contributed by atoms with Crippen LogP contribution in [0, 0.1) is 0 Å². The summed E-state index contributed by atoms with van der Waals surface area (Å²) in [7, 11) is 1.89. The Labute approximate surface area is 81.7 Å². The molecule has 2 N–H and O–H groups in total. The molecular weight excluding hydrogens is 182 g/mol. The Balaban J connectivity index is 2.04. The second-order valence-corrected chi connectivity index (χ2v) is 3.60. The second-order valence-electron chi connectivity index (χ2n) is 3.60. The van der Waals surface area contributed by atoms with E-state index in [1.807, 2.05) is 17.8 Å². The second kappa shape index (κ2) is 3.32. The number of nitrogens with one attached hydrogen (secondary N) is 1. The molecule has 1 aliphatic carbocycles. The number of hydrogen-bond donors (Lipinski definition) is 2. The van der Waals surface area contributed by atoms with Crippen LogP contribution < -0.4 is 5.32 Å². The number of aryl methyl sites for hydroxylation is 1. The molecule has 1 aliphatic rings. The molecule has 0 bridgehead atoms. The lowest BCUT2D eigenvalue weighted by molar-refractivity contribution is -0.134. The van der Waals surface area contributed by atoms with Crippen molar-refractivity contribution in [3.8, 4) is 0 Å². The molecule has 0 radical (unpaired) electrons. The summed E-state index contributed by atoms with van der Waals surface area (Å²) in [5, 5.41) is 15.4. The molecule has 0 aromatic carbocycles. The number of carboxylic acid groups (broad SMARTS) is 1. The Bertz CT molecular complexity index is 355. The van der Waals surface area contributed by atoms with Gasteiger partial charge < -0.3 is 10.4 Å². The lowest BCUT2D eigenvalue weighted by Gasteiger charge is -1.95. The summed E-state index contributed by atoms with van der Waals surface area (Å²) in [5.74, 6) is 0.410. The highest BCUT2D eigenvalue weighted by Gasteiger charge is 2.27. The van der Waals surface area contributed by atoms with E-state index in [0.717, 1.165) is 0 Å². The van der Waals surface area contributed by atoms with Crippen molar-refractivity contribution in [1.29, 1.82) is 0 Å². The van der Waals surface area contributed by atoms with Crippen molar-refractivity contribution in [2.24, 2.45) is 7.05 Å². The van der Waals surface area contributed by atoms with E-state index in [1.165, 1.54) is 18.5 Å². The van der Waals surface area contributed by atoms with Crippen molar-refractivity contribution in [3.05, 3.63) is 11.8 Å². The Kier molecular flexibility index (Phi) is 2.15. The zero-order valence-electron chi connectivity index (χ0n) is 8.03. The minimum Gasteiger partial charge on any atom is -0.480 e. The number of carbonyl (C=O) groups is 1. The van der Waals surface area contributed by atoms with Gasteiger partial charge in [0.15, 0.2) is 0 Å². The SMILES string of the molecule is Cn1nc(NCC(=O)O)cc1C1CC1. The highest BCUT2D eigenvalue weighted by atomic mass is 16.4. The third-order valence-electron chi connectivity index (χ3n) is 2.33. The van der Waals surface area contributed by atoms with Crippen molar-refractivity contribution < 1.29 is 9.90 Å². The molecule has 2 rings (SSSR count). The van der Waals surface area contributed by atoms with Crippen molar-refractivity contribution >= 4 is 11.8 Å². The van der Waals surface area contributed by atoms with E-state index in [4.69, 9.17) is 5.11 Å². The number of anilines is 1. The van der Waals surface area contributed by atoms with E-state index in [0.29, 0.717) is 11.7 Å². The fraction of sp³-hybridized carbons (Fsp3) is 0.556. The quantitative estimate of drug-likeness (QED) is 0.745. The smallest absolute Gasteiger partial charge is 0.322 e. The highest BCUT2D eigenvalue weighted by molar-refractivity contribution is 5.72. The summed E-state index contributed by atoms with van der Waals surface area (Å²) in [6.45, 7) is -0.0822. The van der Waals surface area contributed by atoms with Crippen molar-refractivity contribution in [1.82, 2.24) is 9.78 Å². The van der Waals surface area contributed by atoms with Crippen LogP contribution in [0.3, 0.4) is 0 Å². The molecule has 0 saturated heterocycles. The van der Waals surface area contributed by atoms with E-state index < -0.39 is 5.97 Å². The van der Waals surface area contributed by atoms with Gasteiger partial charge in [-0.05, 0) is 12.8 Å². The third-order valence-corrected chi connectivity index (χ3v) is 2.33. The van der Waals surface area contributed by atoms with E-state index in [-0.39, 0.29) is 6.54 Å². The number of hydrogen-bond acceptors (Lipinski definition) is 3. The molecule has 0 unspecified atom stereocenters. The summed E-state index contributed by atoms with van der Waals surface area (Å²) in [6, 6.07) is 1.93. The van der Waals surface area contributed by atoms with Gasteiger partial charge in [0.05, 0.1) is 0 Å². The predicted octanol–water partition coefficient (Wildman–Crippen LogP) is 0.794. The monoisotopic (exact) mass is 195 g/mol. The lowest BCUT2D eigenvalue weighted by Crippen LogP contribution is -2.12. The first kappa shape index (κ1) is 9.05. The molecule has 76 valence electrons. The average Bonchev–Trinajstić information content (AvgIpc) is 2.88. The molecule has 5 heteroatoms. The molecule has 1 heterocycles. The number of aromatic nitrogens is 2. The van der Waals surface area contributed by atoms with E-state index >= 15 is 0 Å². The molecular formula is C9H13N3O2. The van der Waals surface area contributed by atoms with Gasteiger partial charge in [0.25, 0.3) is 0 Å². The first-order chi connectivity index (χ1) is 6.66. The maximum atomic E-state index is 10.3. The van der Waals surface area contributed by atoms with Gasteiger partial charge in [-0.1, -0.05) is 0 Å². The normalized spacial score (nSPS) is 15.5. The minimum absolute atomic E-state index is 0.0822. The maximum absolute atomic E-state index is 10.3. The number of carboxylic acids is 1. The van der Waals surface area contributed by atoms with Gasteiger partial charge in [-0.25, -0.2) is 0 Å². The van der Waals surface area contributed by atoms with Crippen LogP contribution in [0.25, 0.3) is 0 Å². The molecule has 0 atom stereocenters. The van der Waals surface area contributed by atoms with Gasteiger partial charge in [0.1, 0.15) is 12.4 Å². The first-order valence-electron chi connectivity index (χ1n) is 4.66. The van der Waals surface area contributed by atoms with Crippen LogP contribution in [-0.2, 0) is 11.8 Å². The summed E-state index contributed by atoms with van der Waals surface area (Å²) >= 11 is 0. The number of rotatable bonds is 4. The van der Waals surface area contributed by atoms with Crippen LogP contribution in [0.1, 0.15) is 24.5 Å². The van der Waals surface area contributed by atoms with E-state index in [1.54, 1.807) is 0 Å². The molecule has 1 aromatic rings. The van der Waals surface area contributed by atoms with Crippen molar-refractivity contribution in [2.75, 3.05) is 11.9 Å². The fourth-order valence-electron chi connectivity index (χ4n) is 1.50. The average molecular weight is 195 g/mol. The van der Waals surface area contributed by atoms with Crippen molar-refractivity contribution in [3.63, 3.8) is 0 Å². The molecule has 1 saturated carbocycles. The molecule has 0 amide bonds. The Morgan fingerprint density at radius 2 is 2.50 bits per heavy atom. The molecule has 0 spiro atoms. The summed E-state index contributed by atoms with van der Waals surface area (Å²) < 4.78 is 1.82.